The molecule has 2 N–H and O–H groups in total. The molecule has 1 aliphatic rings. The van der Waals surface area contributed by atoms with E-state index in [4.69, 9.17) is 5.73 Å². The molecule has 0 spiro atoms. The number of nitrogens with two attached hydrogens (primary N) is 1. The first-order valence-corrected chi connectivity index (χ1v) is 6.33. The topological polar surface area (TPSA) is 59.2 Å². The van der Waals surface area contributed by atoms with Crippen LogP contribution in [0.4, 0.5) is 11.5 Å². The van der Waals surface area contributed by atoms with Gasteiger partial charge < -0.3 is 5.73 Å². The number of aromatic nitrogens is 1. The summed E-state index contributed by atoms with van der Waals surface area (Å²) in [5, 5.41) is 0.834. The maximum Gasteiger partial charge on any atom is 0.228 e. The third kappa shape index (κ3) is 2.04. The van der Waals surface area contributed by atoms with Gasteiger partial charge in [-0.3, -0.25) is 9.69 Å². The lowest BCUT2D eigenvalue weighted by molar-refractivity contribution is -0.117. The smallest absolute Gasteiger partial charge is 0.228 e. The van der Waals surface area contributed by atoms with E-state index >= 15 is 0 Å². The van der Waals surface area contributed by atoms with Crippen molar-refractivity contribution in [1.82, 2.24) is 4.98 Å². The van der Waals surface area contributed by atoms with Crippen LogP contribution in [0.25, 0.3) is 0 Å². The number of anilines is 2. The lowest BCUT2D eigenvalue weighted by Crippen LogP contribution is -2.26. The first-order valence-electron chi connectivity index (χ1n) is 5.21. The summed E-state index contributed by atoms with van der Waals surface area (Å²) < 4.78 is 0. The first-order chi connectivity index (χ1) is 7.61. The van der Waals surface area contributed by atoms with Crippen LogP contribution in [0.15, 0.2) is 12.1 Å². The van der Waals surface area contributed by atoms with E-state index in [9.17, 15) is 4.79 Å². The van der Waals surface area contributed by atoms with Gasteiger partial charge in [0, 0.05) is 24.0 Å². The van der Waals surface area contributed by atoms with Gasteiger partial charge in [-0.15, -0.1) is 0 Å². The Kier molecular flexibility index (Phi) is 3.14. The van der Waals surface area contributed by atoms with Gasteiger partial charge in [0.05, 0.1) is 5.69 Å². The number of nitrogens with zero attached hydrogens (tertiary/aromatic N) is 2. The Morgan fingerprint density at radius 3 is 3.00 bits per heavy atom. The number of halogens is 1. The number of aryl methyl sites for hydroxylation is 1. The van der Waals surface area contributed by atoms with E-state index in [1.54, 1.807) is 11.0 Å². The molecule has 0 aliphatic carbocycles. The minimum atomic E-state index is 0.106. The first kappa shape index (κ1) is 11.4. The fourth-order valence-corrected chi connectivity index (χ4v) is 2.29. The summed E-state index contributed by atoms with van der Waals surface area (Å²) in [4.78, 5) is 17.8. The van der Waals surface area contributed by atoms with Crippen molar-refractivity contribution in [3.05, 3.63) is 17.8 Å². The van der Waals surface area contributed by atoms with Crippen molar-refractivity contribution >= 4 is 33.3 Å². The molecular formula is C11H14BrN3O. The summed E-state index contributed by atoms with van der Waals surface area (Å²) >= 11 is 3.41. The van der Waals surface area contributed by atoms with Crippen LogP contribution in [0.3, 0.4) is 0 Å². The molecule has 1 saturated heterocycles. The maximum absolute atomic E-state index is 11.8. The van der Waals surface area contributed by atoms with Gasteiger partial charge >= 0.3 is 0 Å². The number of nitrogen functional groups attached to an aromatic ring is 1. The lowest BCUT2D eigenvalue weighted by Gasteiger charge is -2.17. The van der Waals surface area contributed by atoms with Gasteiger partial charge in [-0.2, -0.15) is 0 Å². The Hall–Kier alpha value is -1.10. The van der Waals surface area contributed by atoms with Gasteiger partial charge in [0.1, 0.15) is 0 Å². The van der Waals surface area contributed by atoms with Crippen LogP contribution in [-0.2, 0) is 4.79 Å². The molecule has 1 fully saturated rings. The van der Waals surface area contributed by atoms with Crippen molar-refractivity contribution < 1.29 is 4.79 Å². The molecule has 86 valence electrons. The van der Waals surface area contributed by atoms with E-state index in [2.05, 4.69) is 20.9 Å². The van der Waals surface area contributed by atoms with Crippen LogP contribution in [0.2, 0.25) is 0 Å². The van der Waals surface area contributed by atoms with Crippen molar-refractivity contribution in [2.45, 2.75) is 13.3 Å². The second kappa shape index (κ2) is 4.41. The summed E-state index contributed by atoms with van der Waals surface area (Å²) in [6.45, 7) is 2.59. The largest absolute Gasteiger partial charge is 0.396 e. The molecule has 1 aliphatic heterocycles. The van der Waals surface area contributed by atoms with Gasteiger partial charge in [-0.1, -0.05) is 15.9 Å². The van der Waals surface area contributed by atoms with Crippen molar-refractivity contribution in [2.24, 2.45) is 5.92 Å². The summed E-state index contributed by atoms with van der Waals surface area (Å²) in [6.07, 6.45) is 0.570. The van der Waals surface area contributed by atoms with Gasteiger partial charge in [-0.05, 0) is 25.0 Å². The molecule has 2 rings (SSSR count). The van der Waals surface area contributed by atoms with E-state index in [1.165, 1.54) is 0 Å². The third-order valence-corrected chi connectivity index (χ3v) is 3.64. The minimum absolute atomic E-state index is 0.106. The molecular weight excluding hydrogens is 270 g/mol. The number of rotatable bonds is 2. The Morgan fingerprint density at radius 1 is 1.62 bits per heavy atom. The molecule has 1 aromatic rings. The number of carbonyl (C=O) groups excluding carboxylic acids is 1. The summed E-state index contributed by atoms with van der Waals surface area (Å²) in [5.41, 5.74) is 7.29. The van der Waals surface area contributed by atoms with Gasteiger partial charge in [0.25, 0.3) is 0 Å². The number of alkyl halides is 1. The van der Waals surface area contributed by atoms with Crippen LogP contribution in [-0.4, -0.2) is 22.8 Å². The molecule has 1 atom stereocenters. The number of pyridine rings is 1. The second-order valence-electron chi connectivity index (χ2n) is 4.09. The molecule has 16 heavy (non-hydrogen) atoms. The van der Waals surface area contributed by atoms with Crippen molar-refractivity contribution in [2.75, 3.05) is 22.5 Å². The average Bonchev–Trinajstić information content (AvgIpc) is 2.63. The Morgan fingerprint density at radius 2 is 2.38 bits per heavy atom. The SMILES string of the molecule is Cc1ccc(N)c(N2CC(CBr)CC2=O)n1. The zero-order valence-corrected chi connectivity index (χ0v) is 10.7. The fourth-order valence-electron chi connectivity index (χ4n) is 1.86. The standard InChI is InChI=1S/C11H14BrN3O/c1-7-2-3-9(13)11(14-7)15-6-8(5-12)4-10(15)16/h2-3,8H,4-6,13H2,1H3. The van der Waals surface area contributed by atoms with Crippen LogP contribution in [0.1, 0.15) is 12.1 Å². The average molecular weight is 284 g/mol. The van der Waals surface area contributed by atoms with Crippen LogP contribution < -0.4 is 10.6 Å². The van der Waals surface area contributed by atoms with E-state index < -0.39 is 0 Å². The number of hydrogen-bond acceptors (Lipinski definition) is 3. The number of amides is 1. The fraction of sp³-hybridized carbons (Fsp3) is 0.455. The lowest BCUT2D eigenvalue weighted by atomic mass is 10.2. The molecule has 0 aromatic carbocycles. The number of carbonyl (C=O) groups is 1. The molecule has 1 aromatic heterocycles. The Bertz CT molecular complexity index is 422. The molecule has 0 saturated carbocycles. The molecule has 2 heterocycles. The maximum atomic E-state index is 11.8. The van der Waals surface area contributed by atoms with Gasteiger partial charge in [0.2, 0.25) is 5.91 Å². The molecule has 0 radical (unpaired) electrons. The van der Waals surface area contributed by atoms with E-state index in [1.807, 2.05) is 13.0 Å². The molecule has 0 bridgehead atoms. The van der Waals surface area contributed by atoms with Crippen LogP contribution >= 0.6 is 15.9 Å². The zero-order valence-electron chi connectivity index (χ0n) is 9.11. The highest BCUT2D eigenvalue weighted by Gasteiger charge is 2.31. The highest BCUT2D eigenvalue weighted by Crippen LogP contribution is 2.28. The number of hydrogen-bond donors (Lipinski definition) is 1. The summed E-state index contributed by atoms with van der Waals surface area (Å²) in [7, 11) is 0. The van der Waals surface area contributed by atoms with Crippen LogP contribution in [0, 0.1) is 12.8 Å². The highest BCUT2D eigenvalue weighted by atomic mass is 79.9. The predicted octanol–water partition coefficient (Wildman–Crippen LogP) is 1.72. The molecule has 4 nitrogen and oxygen atoms in total. The van der Waals surface area contributed by atoms with Crippen molar-refractivity contribution in [3.8, 4) is 0 Å². The van der Waals surface area contributed by atoms with E-state index in [0.717, 1.165) is 11.0 Å². The Labute approximate surface area is 103 Å². The second-order valence-corrected chi connectivity index (χ2v) is 4.74. The molecule has 1 amide bonds. The van der Waals surface area contributed by atoms with Gasteiger partial charge in [0.15, 0.2) is 5.82 Å². The molecule has 5 heteroatoms. The van der Waals surface area contributed by atoms with Crippen molar-refractivity contribution in [3.63, 3.8) is 0 Å². The van der Waals surface area contributed by atoms with E-state index in [-0.39, 0.29) is 5.91 Å². The Balaban J connectivity index is 2.30. The normalized spacial score (nSPS) is 20.5. The molecule has 1 unspecified atom stereocenters. The van der Waals surface area contributed by atoms with E-state index in [0.29, 0.717) is 30.4 Å². The quantitative estimate of drug-likeness (QED) is 0.841. The van der Waals surface area contributed by atoms with Gasteiger partial charge in [-0.25, -0.2) is 4.98 Å². The third-order valence-electron chi connectivity index (χ3n) is 2.72. The summed E-state index contributed by atoms with van der Waals surface area (Å²) in [5.74, 6) is 1.07. The van der Waals surface area contributed by atoms with Crippen LogP contribution in [0.5, 0.6) is 0 Å². The summed E-state index contributed by atoms with van der Waals surface area (Å²) in [6, 6.07) is 3.65. The highest BCUT2D eigenvalue weighted by molar-refractivity contribution is 9.09. The monoisotopic (exact) mass is 283 g/mol. The van der Waals surface area contributed by atoms with Crippen molar-refractivity contribution in [1.29, 1.82) is 0 Å². The zero-order chi connectivity index (χ0) is 11.7. The predicted molar refractivity (Wildman–Crippen MR) is 67.6 cm³/mol. The minimum Gasteiger partial charge on any atom is -0.396 e.